The number of nitrogens with two attached hydrogens (primary N) is 1. The standard InChI is InChI=1S/C16H16Cl2N2O/c1-2-20(10-11-6-3-4-9-14(11)19)16(21)12-7-5-8-13(17)15(12)18/h3-9H,2,10,19H2,1H3. The molecular formula is C16H16Cl2N2O. The number of anilines is 1. The van der Waals surface area contributed by atoms with Crippen LogP contribution in [0.1, 0.15) is 22.8 Å². The highest BCUT2D eigenvalue weighted by atomic mass is 35.5. The lowest BCUT2D eigenvalue weighted by Gasteiger charge is -2.22. The summed E-state index contributed by atoms with van der Waals surface area (Å²) >= 11 is 12.1. The summed E-state index contributed by atoms with van der Waals surface area (Å²) in [5.41, 5.74) is 7.91. The van der Waals surface area contributed by atoms with Gasteiger partial charge in [0.2, 0.25) is 0 Å². The smallest absolute Gasteiger partial charge is 0.255 e. The monoisotopic (exact) mass is 322 g/mol. The Kier molecular flexibility index (Phi) is 5.10. The molecular weight excluding hydrogens is 307 g/mol. The molecule has 0 aliphatic rings. The second-order valence-corrected chi connectivity index (χ2v) is 5.40. The molecule has 0 heterocycles. The van der Waals surface area contributed by atoms with Gasteiger partial charge < -0.3 is 10.6 Å². The van der Waals surface area contributed by atoms with E-state index in [0.717, 1.165) is 5.56 Å². The minimum Gasteiger partial charge on any atom is -0.398 e. The number of para-hydroxylation sites is 1. The van der Waals surface area contributed by atoms with Crippen LogP contribution in [-0.2, 0) is 6.54 Å². The summed E-state index contributed by atoms with van der Waals surface area (Å²) in [4.78, 5) is 14.3. The first kappa shape index (κ1) is 15.7. The number of rotatable bonds is 4. The average molecular weight is 323 g/mol. The molecule has 1 amide bonds. The van der Waals surface area contributed by atoms with Crippen LogP contribution in [-0.4, -0.2) is 17.4 Å². The predicted molar refractivity (Wildman–Crippen MR) is 87.7 cm³/mol. The molecule has 0 fully saturated rings. The fourth-order valence-corrected chi connectivity index (χ4v) is 2.43. The van der Waals surface area contributed by atoms with Gasteiger partial charge in [-0.05, 0) is 30.7 Å². The van der Waals surface area contributed by atoms with Crippen molar-refractivity contribution in [2.24, 2.45) is 0 Å². The largest absolute Gasteiger partial charge is 0.398 e. The summed E-state index contributed by atoms with van der Waals surface area (Å²) in [5, 5.41) is 0.654. The summed E-state index contributed by atoms with van der Waals surface area (Å²) in [6.07, 6.45) is 0. The zero-order valence-electron chi connectivity index (χ0n) is 11.6. The van der Waals surface area contributed by atoms with Gasteiger partial charge in [-0.25, -0.2) is 0 Å². The molecule has 0 spiro atoms. The molecule has 2 aromatic carbocycles. The number of hydrogen-bond acceptors (Lipinski definition) is 2. The summed E-state index contributed by atoms with van der Waals surface area (Å²) in [7, 11) is 0. The second-order valence-electron chi connectivity index (χ2n) is 4.62. The number of nitrogens with zero attached hydrogens (tertiary/aromatic N) is 1. The summed E-state index contributed by atoms with van der Waals surface area (Å²) in [6.45, 7) is 2.90. The fourth-order valence-electron chi connectivity index (χ4n) is 2.05. The fraction of sp³-hybridized carbons (Fsp3) is 0.188. The van der Waals surface area contributed by atoms with Gasteiger partial charge in [-0.3, -0.25) is 4.79 Å². The topological polar surface area (TPSA) is 46.3 Å². The minimum absolute atomic E-state index is 0.159. The lowest BCUT2D eigenvalue weighted by molar-refractivity contribution is 0.0753. The third kappa shape index (κ3) is 3.49. The van der Waals surface area contributed by atoms with Crippen LogP contribution in [0.25, 0.3) is 0 Å². The molecule has 2 aromatic rings. The first-order valence-electron chi connectivity index (χ1n) is 6.61. The van der Waals surface area contributed by atoms with E-state index in [1.807, 2.05) is 31.2 Å². The van der Waals surface area contributed by atoms with Crippen LogP contribution in [0.4, 0.5) is 5.69 Å². The van der Waals surface area contributed by atoms with Gasteiger partial charge >= 0.3 is 0 Å². The second kappa shape index (κ2) is 6.83. The molecule has 0 atom stereocenters. The maximum absolute atomic E-state index is 12.6. The third-order valence-electron chi connectivity index (χ3n) is 3.27. The molecule has 0 radical (unpaired) electrons. The van der Waals surface area contributed by atoms with Crippen molar-refractivity contribution in [3.05, 3.63) is 63.6 Å². The molecule has 2 N–H and O–H groups in total. The predicted octanol–water partition coefficient (Wildman–Crippen LogP) is 4.24. The maximum atomic E-state index is 12.6. The van der Waals surface area contributed by atoms with Crippen molar-refractivity contribution >= 4 is 34.8 Å². The average Bonchev–Trinajstić information content (AvgIpc) is 2.48. The highest BCUT2D eigenvalue weighted by Gasteiger charge is 2.19. The normalized spacial score (nSPS) is 10.4. The van der Waals surface area contributed by atoms with Crippen LogP contribution < -0.4 is 5.73 Å². The highest BCUT2D eigenvalue weighted by molar-refractivity contribution is 6.43. The van der Waals surface area contributed by atoms with E-state index < -0.39 is 0 Å². The number of carbonyl (C=O) groups excluding carboxylic acids is 1. The number of hydrogen-bond donors (Lipinski definition) is 1. The SMILES string of the molecule is CCN(Cc1ccccc1N)C(=O)c1cccc(Cl)c1Cl. The maximum Gasteiger partial charge on any atom is 0.255 e. The Hall–Kier alpha value is -1.71. The lowest BCUT2D eigenvalue weighted by atomic mass is 10.1. The van der Waals surface area contributed by atoms with E-state index in [-0.39, 0.29) is 10.9 Å². The highest BCUT2D eigenvalue weighted by Crippen LogP contribution is 2.27. The molecule has 0 saturated carbocycles. The summed E-state index contributed by atoms with van der Waals surface area (Å²) in [5.74, 6) is -0.159. The zero-order valence-corrected chi connectivity index (χ0v) is 13.2. The molecule has 0 unspecified atom stereocenters. The van der Waals surface area contributed by atoms with Gasteiger partial charge in [0, 0.05) is 18.8 Å². The molecule has 5 heteroatoms. The van der Waals surface area contributed by atoms with Gasteiger partial charge in [-0.2, -0.15) is 0 Å². The molecule has 0 aliphatic carbocycles. The quantitative estimate of drug-likeness (QED) is 0.856. The van der Waals surface area contributed by atoms with E-state index in [9.17, 15) is 4.79 Å². The van der Waals surface area contributed by atoms with Crippen LogP contribution in [0.2, 0.25) is 10.0 Å². The van der Waals surface area contributed by atoms with Crippen LogP contribution in [0.3, 0.4) is 0 Å². The third-order valence-corrected chi connectivity index (χ3v) is 4.09. The number of carbonyl (C=O) groups is 1. The number of amides is 1. The Morgan fingerprint density at radius 1 is 1.14 bits per heavy atom. The Bertz CT molecular complexity index is 658. The van der Waals surface area contributed by atoms with Gasteiger partial charge in [0.05, 0.1) is 15.6 Å². The molecule has 0 saturated heterocycles. The van der Waals surface area contributed by atoms with Crippen molar-refractivity contribution in [3.63, 3.8) is 0 Å². The van der Waals surface area contributed by atoms with E-state index >= 15 is 0 Å². The van der Waals surface area contributed by atoms with E-state index in [2.05, 4.69) is 0 Å². The summed E-state index contributed by atoms with van der Waals surface area (Å²) < 4.78 is 0. The Morgan fingerprint density at radius 3 is 2.52 bits per heavy atom. The number of benzene rings is 2. The molecule has 21 heavy (non-hydrogen) atoms. The Labute approximate surface area is 134 Å². The van der Waals surface area contributed by atoms with Crippen molar-refractivity contribution in [2.75, 3.05) is 12.3 Å². The van der Waals surface area contributed by atoms with Gasteiger partial charge in [0.25, 0.3) is 5.91 Å². The van der Waals surface area contributed by atoms with Gasteiger partial charge in [0.1, 0.15) is 0 Å². The van der Waals surface area contributed by atoms with E-state index in [1.165, 1.54) is 0 Å². The van der Waals surface area contributed by atoms with Crippen molar-refractivity contribution in [3.8, 4) is 0 Å². The Morgan fingerprint density at radius 2 is 1.86 bits per heavy atom. The van der Waals surface area contributed by atoms with Gasteiger partial charge in [0.15, 0.2) is 0 Å². The van der Waals surface area contributed by atoms with Crippen molar-refractivity contribution in [2.45, 2.75) is 13.5 Å². The van der Waals surface area contributed by atoms with Crippen LogP contribution in [0.5, 0.6) is 0 Å². The van der Waals surface area contributed by atoms with Crippen molar-refractivity contribution < 1.29 is 4.79 Å². The van der Waals surface area contributed by atoms with Crippen LogP contribution in [0, 0.1) is 0 Å². The molecule has 0 aliphatic heterocycles. The van der Waals surface area contributed by atoms with Gasteiger partial charge in [-0.1, -0.05) is 47.5 Å². The first-order chi connectivity index (χ1) is 10.0. The number of nitrogen functional groups attached to an aromatic ring is 1. The molecule has 0 bridgehead atoms. The zero-order chi connectivity index (χ0) is 15.4. The summed E-state index contributed by atoms with van der Waals surface area (Å²) in [6, 6.07) is 12.5. The van der Waals surface area contributed by atoms with E-state index in [1.54, 1.807) is 23.1 Å². The van der Waals surface area contributed by atoms with Crippen molar-refractivity contribution in [1.29, 1.82) is 0 Å². The van der Waals surface area contributed by atoms with Crippen molar-refractivity contribution in [1.82, 2.24) is 4.90 Å². The molecule has 2 rings (SSSR count). The van der Waals surface area contributed by atoms with Crippen LogP contribution >= 0.6 is 23.2 Å². The van der Waals surface area contributed by atoms with Crippen LogP contribution in [0.15, 0.2) is 42.5 Å². The number of halogens is 2. The first-order valence-corrected chi connectivity index (χ1v) is 7.36. The molecule has 110 valence electrons. The van der Waals surface area contributed by atoms with E-state index in [0.29, 0.717) is 29.4 Å². The molecule has 0 aromatic heterocycles. The lowest BCUT2D eigenvalue weighted by Crippen LogP contribution is -2.30. The van der Waals surface area contributed by atoms with Gasteiger partial charge in [-0.15, -0.1) is 0 Å². The molecule has 3 nitrogen and oxygen atoms in total. The Balaban J connectivity index is 2.27. The minimum atomic E-state index is -0.159. The van der Waals surface area contributed by atoms with E-state index in [4.69, 9.17) is 28.9 Å².